The summed E-state index contributed by atoms with van der Waals surface area (Å²) in [6, 6.07) is 32.2. The number of hydrogen-bond donors (Lipinski definition) is 2. The van der Waals surface area contributed by atoms with Crippen molar-refractivity contribution in [2.24, 2.45) is 0 Å². The molecule has 4 rings (SSSR count). The Hall–Kier alpha value is -3.52. The van der Waals surface area contributed by atoms with Gasteiger partial charge in [-0.2, -0.15) is 0 Å². The zero-order chi connectivity index (χ0) is 43.3. The molecule has 0 aliphatic carbocycles. The third-order valence-electron chi connectivity index (χ3n) is 13.7. The van der Waals surface area contributed by atoms with Crippen molar-refractivity contribution < 1.29 is 0 Å². The first-order valence-corrected chi connectivity index (χ1v) is 25.8. The van der Waals surface area contributed by atoms with Gasteiger partial charge in [0.15, 0.2) is 0 Å². The maximum absolute atomic E-state index is 6.10. The van der Waals surface area contributed by atoms with Crippen LogP contribution in [-0.2, 0) is 12.8 Å². The van der Waals surface area contributed by atoms with Crippen LogP contribution in [0, 0.1) is 13.8 Å². The van der Waals surface area contributed by atoms with Crippen LogP contribution in [0.2, 0.25) is 0 Å². The van der Waals surface area contributed by atoms with E-state index < -0.39 is 0 Å². The van der Waals surface area contributed by atoms with Gasteiger partial charge in [0.1, 0.15) is 0 Å². The average molecular weight is 827 g/mol. The van der Waals surface area contributed by atoms with E-state index in [4.69, 9.17) is 11.5 Å². The highest BCUT2D eigenvalue weighted by molar-refractivity contribution is 5.49. The predicted molar refractivity (Wildman–Crippen MR) is 271 cm³/mol. The van der Waals surface area contributed by atoms with Gasteiger partial charge in [-0.15, -0.1) is 0 Å². The monoisotopic (exact) mass is 827 g/mol. The minimum Gasteiger partial charge on any atom is -0.399 e. The highest BCUT2D eigenvalue weighted by atomic mass is 14.5. The van der Waals surface area contributed by atoms with Crippen molar-refractivity contribution in [2.45, 2.75) is 226 Å². The molecule has 0 aliphatic heterocycles. The summed E-state index contributed by atoms with van der Waals surface area (Å²) in [4.78, 5) is 0. The second-order valence-electron chi connectivity index (χ2n) is 19.0. The molecule has 0 saturated carbocycles. The number of nitrogens with two attached hydrogens (primary N) is 2. The van der Waals surface area contributed by atoms with Crippen molar-refractivity contribution in [3.05, 3.63) is 129 Å². The van der Waals surface area contributed by atoms with E-state index in [1.807, 2.05) is 0 Å². The summed E-state index contributed by atoms with van der Waals surface area (Å²) in [5.41, 5.74) is 25.4. The number of hydrogen-bond acceptors (Lipinski definition) is 2. The largest absolute Gasteiger partial charge is 0.399 e. The third kappa shape index (κ3) is 19.6. The number of aryl methyl sites for hydroxylation is 4. The zero-order valence-electron chi connectivity index (χ0n) is 39.9. The van der Waals surface area contributed by atoms with Crippen molar-refractivity contribution in [2.75, 3.05) is 11.5 Å². The molecule has 2 heteroatoms. The molecule has 0 heterocycles. The predicted octanol–water partition coefficient (Wildman–Crippen LogP) is 18.1. The van der Waals surface area contributed by atoms with E-state index in [1.54, 1.807) is 0 Å². The lowest BCUT2D eigenvalue weighted by Gasteiger charge is -2.21. The smallest absolute Gasteiger partial charge is 0.0316 e. The second kappa shape index (κ2) is 30.5. The van der Waals surface area contributed by atoms with Crippen molar-refractivity contribution in [1.29, 1.82) is 0 Å². The van der Waals surface area contributed by atoms with Gasteiger partial charge in [-0.25, -0.2) is 0 Å². The Morgan fingerprint density at radius 2 is 0.639 bits per heavy atom. The molecule has 0 spiro atoms. The van der Waals surface area contributed by atoms with E-state index in [2.05, 4.69) is 113 Å². The topological polar surface area (TPSA) is 52.0 Å². The summed E-state index contributed by atoms with van der Waals surface area (Å²) in [6.45, 7) is 9.04. The van der Waals surface area contributed by atoms with E-state index in [0.717, 1.165) is 11.4 Å². The fourth-order valence-corrected chi connectivity index (χ4v) is 9.88. The minimum atomic E-state index is 0.467. The molecule has 336 valence electrons. The van der Waals surface area contributed by atoms with Crippen molar-refractivity contribution in [3.8, 4) is 0 Å². The summed E-state index contributed by atoms with van der Waals surface area (Å²) >= 11 is 0. The highest BCUT2D eigenvalue weighted by Crippen LogP contribution is 2.35. The lowest BCUT2D eigenvalue weighted by molar-refractivity contribution is 0.525. The number of unbranched alkanes of at least 4 members (excludes halogenated alkanes) is 22. The van der Waals surface area contributed by atoms with Crippen molar-refractivity contribution >= 4 is 11.4 Å². The maximum atomic E-state index is 6.10. The van der Waals surface area contributed by atoms with Crippen molar-refractivity contribution in [1.82, 2.24) is 0 Å². The summed E-state index contributed by atoms with van der Waals surface area (Å²) in [7, 11) is 0. The molecule has 0 bridgehead atoms. The fourth-order valence-electron chi connectivity index (χ4n) is 9.88. The number of anilines is 2. The first kappa shape index (κ1) is 50.1. The van der Waals surface area contributed by atoms with Crippen LogP contribution in [0.1, 0.15) is 244 Å². The fraction of sp³-hybridized carbons (Fsp3) is 0.593. The van der Waals surface area contributed by atoms with E-state index in [1.165, 1.54) is 231 Å². The lowest BCUT2D eigenvalue weighted by Crippen LogP contribution is -2.05. The number of rotatable bonds is 34. The van der Waals surface area contributed by atoms with Crippen LogP contribution in [0.5, 0.6) is 0 Å². The average Bonchev–Trinajstić information content (AvgIpc) is 3.26. The van der Waals surface area contributed by atoms with Crippen LogP contribution in [0.15, 0.2) is 84.9 Å². The summed E-state index contributed by atoms with van der Waals surface area (Å²) in [6.07, 6.45) is 39.2. The molecule has 61 heavy (non-hydrogen) atoms. The Labute approximate surface area is 376 Å². The second-order valence-corrected chi connectivity index (χ2v) is 19.0. The van der Waals surface area contributed by atoms with Gasteiger partial charge >= 0.3 is 0 Å². The summed E-state index contributed by atoms with van der Waals surface area (Å²) < 4.78 is 0. The first-order valence-electron chi connectivity index (χ1n) is 25.8. The Kier molecular flexibility index (Phi) is 25.1. The van der Waals surface area contributed by atoms with E-state index >= 15 is 0 Å². The molecule has 2 unspecified atom stereocenters. The molecular formula is C59H90N2. The van der Waals surface area contributed by atoms with Crippen LogP contribution in [0.4, 0.5) is 11.4 Å². The molecule has 0 fully saturated rings. The van der Waals surface area contributed by atoms with Gasteiger partial charge in [0.2, 0.25) is 0 Å². The molecule has 4 aromatic carbocycles. The van der Waals surface area contributed by atoms with Crippen LogP contribution in [0.25, 0.3) is 0 Å². The van der Waals surface area contributed by atoms with Crippen LogP contribution in [0.3, 0.4) is 0 Å². The van der Waals surface area contributed by atoms with Gasteiger partial charge < -0.3 is 11.5 Å². The molecule has 0 aromatic heterocycles. The van der Waals surface area contributed by atoms with E-state index in [-0.39, 0.29) is 0 Å². The zero-order valence-corrected chi connectivity index (χ0v) is 39.9. The Morgan fingerprint density at radius 3 is 0.934 bits per heavy atom. The molecule has 0 saturated heterocycles. The van der Waals surface area contributed by atoms with Crippen LogP contribution < -0.4 is 11.5 Å². The van der Waals surface area contributed by atoms with Gasteiger partial charge in [-0.3, -0.25) is 0 Å². The lowest BCUT2D eigenvalue weighted by atomic mass is 9.84. The highest BCUT2D eigenvalue weighted by Gasteiger charge is 2.18. The molecule has 2 atom stereocenters. The molecule has 0 radical (unpaired) electrons. The molecule has 4 N–H and O–H groups in total. The quantitative estimate of drug-likeness (QED) is 0.0364. The number of nitrogen functional groups attached to an aromatic ring is 2. The molecule has 0 amide bonds. The molecular weight excluding hydrogens is 737 g/mol. The van der Waals surface area contributed by atoms with Gasteiger partial charge in [0, 0.05) is 23.2 Å². The maximum Gasteiger partial charge on any atom is 0.0316 e. The van der Waals surface area contributed by atoms with Gasteiger partial charge in [-0.05, 0) is 121 Å². The Balaban J connectivity index is 0.960. The first-order chi connectivity index (χ1) is 29.9. The van der Waals surface area contributed by atoms with E-state index in [9.17, 15) is 0 Å². The van der Waals surface area contributed by atoms with Crippen molar-refractivity contribution in [3.63, 3.8) is 0 Å². The van der Waals surface area contributed by atoms with Gasteiger partial charge in [0.25, 0.3) is 0 Å². The van der Waals surface area contributed by atoms with Gasteiger partial charge in [-0.1, -0.05) is 222 Å². The molecule has 4 aromatic rings. The Bertz CT molecular complexity index is 1580. The summed E-state index contributed by atoms with van der Waals surface area (Å²) in [5.74, 6) is 0.935. The molecule has 0 aliphatic rings. The van der Waals surface area contributed by atoms with Gasteiger partial charge in [0.05, 0.1) is 0 Å². The standard InChI is InChI=1S/C59H90N2/c1-5-7-9-28-32-58(56-44-42-54(60)46-48(56)3)52-38-34-50(35-39-52)30-26-24-22-20-18-16-14-12-11-13-15-17-19-21-23-25-27-31-51-36-40-53(41-37-51)59(33-29-10-8-6-2)57-45-43-55(61)47-49(57)4/h34-47,58-59H,5-33,60-61H2,1-4H3. The third-order valence-corrected chi connectivity index (χ3v) is 13.7. The van der Waals surface area contributed by atoms with Crippen LogP contribution in [-0.4, -0.2) is 0 Å². The number of benzene rings is 4. The summed E-state index contributed by atoms with van der Waals surface area (Å²) in [5, 5.41) is 0. The normalized spacial score (nSPS) is 12.5. The molecule has 2 nitrogen and oxygen atoms in total. The van der Waals surface area contributed by atoms with Crippen LogP contribution >= 0.6 is 0 Å². The minimum absolute atomic E-state index is 0.467. The van der Waals surface area contributed by atoms with E-state index in [0.29, 0.717) is 11.8 Å². The SMILES string of the molecule is CCCCCCC(c1ccc(CCCCCCCCCCCCCCCCCCCc2ccc(C(CCCCCC)c3ccc(N)cc3C)cc2)cc1)c1ccc(N)cc1C. The Morgan fingerprint density at radius 1 is 0.344 bits per heavy atom.